The van der Waals surface area contributed by atoms with Gasteiger partial charge in [-0.05, 0) is 36.8 Å². The van der Waals surface area contributed by atoms with Crippen molar-refractivity contribution in [3.63, 3.8) is 0 Å². The van der Waals surface area contributed by atoms with Crippen molar-refractivity contribution in [3.05, 3.63) is 17.8 Å². The Bertz CT molecular complexity index is 640. The highest BCUT2D eigenvalue weighted by molar-refractivity contribution is 5.93. The van der Waals surface area contributed by atoms with Crippen molar-refractivity contribution in [2.75, 3.05) is 36.1 Å². The molecule has 1 amide bonds. The minimum Gasteiger partial charge on any atom is -0.378 e. The van der Waals surface area contributed by atoms with Crippen molar-refractivity contribution in [1.82, 2.24) is 4.98 Å². The zero-order valence-electron chi connectivity index (χ0n) is 14.4. The first-order valence-corrected chi connectivity index (χ1v) is 8.97. The zero-order chi connectivity index (χ0) is 16.8. The van der Waals surface area contributed by atoms with Crippen molar-refractivity contribution in [3.8, 4) is 0 Å². The number of fused-ring (bicyclic) bond motifs is 1. The molecule has 0 unspecified atom stereocenters. The molecule has 0 bridgehead atoms. The van der Waals surface area contributed by atoms with Crippen LogP contribution in [0.5, 0.6) is 0 Å². The van der Waals surface area contributed by atoms with E-state index in [0.29, 0.717) is 5.92 Å². The number of aromatic nitrogens is 1. The average molecular weight is 330 g/mol. The number of hydrogen-bond donors (Lipinski definition) is 1. The fourth-order valence-electron chi connectivity index (χ4n) is 4.19. The van der Waals surface area contributed by atoms with Crippen LogP contribution in [-0.2, 0) is 9.53 Å². The van der Waals surface area contributed by atoms with Gasteiger partial charge < -0.3 is 20.3 Å². The van der Waals surface area contributed by atoms with E-state index in [0.717, 1.165) is 43.5 Å². The monoisotopic (exact) mass is 330 g/mol. The molecule has 6 heteroatoms. The summed E-state index contributed by atoms with van der Waals surface area (Å²) in [5, 5.41) is 0. The Morgan fingerprint density at radius 1 is 1.29 bits per heavy atom. The quantitative estimate of drug-likeness (QED) is 0.893. The van der Waals surface area contributed by atoms with Gasteiger partial charge in [0.25, 0.3) is 0 Å². The summed E-state index contributed by atoms with van der Waals surface area (Å²) in [5.41, 5.74) is 8.33. The molecule has 1 saturated heterocycles. The van der Waals surface area contributed by atoms with Crippen molar-refractivity contribution < 1.29 is 9.53 Å². The van der Waals surface area contributed by atoms with Crippen molar-refractivity contribution in [1.29, 1.82) is 0 Å². The van der Waals surface area contributed by atoms with E-state index in [1.54, 1.807) is 6.92 Å². The minimum atomic E-state index is -0.123. The van der Waals surface area contributed by atoms with Gasteiger partial charge in [-0.15, -0.1) is 0 Å². The van der Waals surface area contributed by atoms with Gasteiger partial charge >= 0.3 is 0 Å². The van der Waals surface area contributed by atoms with Crippen LogP contribution in [0.25, 0.3) is 0 Å². The van der Waals surface area contributed by atoms with Gasteiger partial charge in [0, 0.05) is 26.1 Å². The van der Waals surface area contributed by atoms with E-state index in [9.17, 15) is 4.79 Å². The third-order valence-corrected chi connectivity index (χ3v) is 5.65. The number of pyridine rings is 1. The number of hydrogen-bond acceptors (Lipinski definition) is 5. The normalized spacial score (nSPS) is 30.2. The maximum atomic E-state index is 12.4. The molecule has 0 radical (unpaired) electrons. The molecule has 3 atom stereocenters. The van der Waals surface area contributed by atoms with E-state index < -0.39 is 0 Å². The number of carbonyl (C=O) groups is 1. The van der Waals surface area contributed by atoms with E-state index >= 15 is 0 Å². The lowest BCUT2D eigenvalue weighted by Gasteiger charge is -2.44. The van der Waals surface area contributed by atoms with Gasteiger partial charge in [0.1, 0.15) is 5.82 Å². The van der Waals surface area contributed by atoms with Gasteiger partial charge in [-0.25, -0.2) is 4.98 Å². The molecule has 0 aromatic carbocycles. The largest absolute Gasteiger partial charge is 0.378 e. The first kappa shape index (κ1) is 15.8. The smallest absolute Gasteiger partial charge is 0.224 e. The Labute approximate surface area is 143 Å². The molecule has 2 fully saturated rings. The maximum Gasteiger partial charge on any atom is 0.224 e. The predicted octanol–water partition coefficient (Wildman–Crippen LogP) is 1.70. The topological polar surface area (TPSA) is 71.7 Å². The number of amides is 1. The summed E-state index contributed by atoms with van der Waals surface area (Å²) >= 11 is 0. The molecule has 4 rings (SSSR count). The molecule has 1 aromatic heterocycles. The molecule has 0 spiro atoms. The van der Waals surface area contributed by atoms with Crippen LogP contribution in [0, 0.1) is 11.8 Å². The third-order valence-electron chi connectivity index (χ3n) is 5.65. The van der Waals surface area contributed by atoms with Crippen LogP contribution in [-0.4, -0.2) is 43.2 Å². The van der Waals surface area contributed by atoms with Crippen molar-refractivity contribution >= 4 is 17.4 Å². The van der Waals surface area contributed by atoms with E-state index in [4.69, 9.17) is 15.5 Å². The number of nitrogens with zero attached hydrogens (tertiary/aromatic N) is 3. The highest BCUT2D eigenvalue weighted by atomic mass is 16.5. The number of morpholine rings is 1. The Morgan fingerprint density at radius 2 is 2.00 bits per heavy atom. The second-order valence-corrected chi connectivity index (χ2v) is 7.28. The first-order valence-electron chi connectivity index (χ1n) is 8.97. The van der Waals surface area contributed by atoms with Crippen molar-refractivity contribution in [2.24, 2.45) is 17.6 Å². The number of ether oxygens (including phenoxy) is 1. The van der Waals surface area contributed by atoms with Gasteiger partial charge in [0.05, 0.1) is 30.6 Å². The second kappa shape index (κ2) is 6.01. The van der Waals surface area contributed by atoms with Gasteiger partial charge in [-0.2, -0.15) is 0 Å². The molecule has 24 heavy (non-hydrogen) atoms. The van der Waals surface area contributed by atoms with Gasteiger partial charge in [0.2, 0.25) is 5.91 Å². The molecular weight excluding hydrogens is 304 g/mol. The standard InChI is InChI=1S/C18H26N4O2/c1-11-16(19)17-14(22(12(2)23)18(11)13-3-4-13)5-6-15(20-17)21-7-9-24-10-8-21/h5-6,11,13,16,18H,3-4,7-10,19H2,1-2H3/t11-,16-,18-/m1/s1. The Morgan fingerprint density at radius 3 is 2.62 bits per heavy atom. The molecule has 130 valence electrons. The lowest BCUT2D eigenvalue weighted by molar-refractivity contribution is -0.117. The Kier molecular flexibility index (Phi) is 3.96. The van der Waals surface area contributed by atoms with Crippen LogP contribution < -0.4 is 15.5 Å². The van der Waals surface area contributed by atoms with E-state index in [-0.39, 0.29) is 23.9 Å². The second-order valence-electron chi connectivity index (χ2n) is 7.28. The van der Waals surface area contributed by atoms with E-state index in [1.165, 1.54) is 12.8 Å². The summed E-state index contributed by atoms with van der Waals surface area (Å²) in [5.74, 6) is 1.84. The fourth-order valence-corrected chi connectivity index (χ4v) is 4.19. The van der Waals surface area contributed by atoms with Crippen LogP contribution in [0.15, 0.2) is 12.1 Å². The fraction of sp³-hybridized carbons (Fsp3) is 0.667. The molecule has 3 heterocycles. The molecule has 1 aromatic rings. The number of nitrogens with two attached hydrogens (primary N) is 1. The zero-order valence-corrected chi connectivity index (χ0v) is 14.4. The maximum absolute atomic E-state index is 12.4. The molecular formula is C18H26N4O2. The molecule has 1 aliphatic carbocycles. The van der Waals surface area contributed by atoms with Crippen LogP contribution in [0.3, 0.4) is 0 Å². The van der Waals surface area contributed by atoms with Crippen LogP contribution in [0.2, 0.25) is 0 Å². The SMILES string of the molecule is CC(=O)N1c2ccc(N3CCOCC3)nc2[C@H](N)[C@@H](C)[C@@H]1C1CC1. The molecule has 1 saturated carbocycles. The summed E-state index contributed by atoms with van der Waals surface area (Å²) in [7, 11) is 0. The van der Waals surface area contributed by atoms with Crippen LogP contribution >= 0.6 is 0 Å². The lowest BCUT2D eigenvalue weighted by Crippen LogP contribution is -2.52. The number of anilines is 2. The van der Waals surface area contributed by atoms with Gasteiger partial charge in [0.15, 0.2) is 0 Å². The Balaban J connectivity index is 1.73. The van der Waals surface area contributed by atoms with E-state index in [1.807, 2.05) is 17.0 Å². The molecule has 2 N–H and O–H groups in total. The summed E-state index contributed by atoms with van der Waals surface area (Å²) in [6.07, 6.45) is 2.39. The summed E-state index contributed by atoms with van der Waals surface area (Å²) < 4.78 is 5.42. The third kappa shape index (κ3) is 2.58. The summed E-state index contributed by atoms with van der Waals surface area (Å²) in [6.45, 7) is 6.96. The number of rotatable bonds is 2. The summed E-state index contributed by atoms with van der Waals surface area (Å²) in [4.78, 5) is 21.4. The van der Waals surface area contributed by atoms with Gasteiger partial charge in [-0.1, -0.05) is 6.92 Å². The molecule has 2 aliphatic heterocycles. The first-order chi connectivity index (χ1) is 11.6. The van der Waals surface area contributed by atoms with Crippen molar-refractivity contribution in [2.45, 2.75) is 38.8 Å². The highest BCUT2D eigenvalue weighted by Gasteiger charge is 2.47. The molecule has 3 aliphatic rings. The van der Waals surface area contributed by atoms with Gasteiger partial charge in [-0.3, -0.25) is 4.79 Å². The molecule has 6 nitrogen and oxygen atoms in total. The minimum absolute atomic E-state index is 0.0906. The highest BCUT2D eigenvalue weighted by Crippen LogP contribution is 2.48. The average Bonchev–Trinajstić information content (AvgIpc) is 3.42. The lowest BCUT2D eigenvalue weighted by atomic mass is 9.82. The summed E-state index contributed by atoms with van der Waals surface area (Å²) in [6, 6.07) is 4.14. The Hall–Kier alpha value is -1.66. The van der Waals surface area contributed by atoms with E-state index in [2.05, 4.69) is 11.8 Å². The van der Waals surface area contributed by atoms with Crippen LogP contribution in [0.4, 0.5) is 11.5 Å². The predicted molar refractivity (Wildman–Crippen MR) is 93.0 cm³/mol. The van der Waals surface area contributed by atoms with Crippen LogP contribution in [0.1, 0.15) is 38.4 Å². The number of carbonyl (C=O) groups excluding carboxylic acids is 1.